The van der Waals surface area contributed by atoms with Gasteiger partial charge >= 0.3 is 0 Å². The highest BCUT2D eigenvalue weighted by molar-refractivity contribution is 5.93. The Bertz CT molecular complexity index is 677. The predicted molar refractivity (Wildman–Crippen MR) is 111 cm³/mol. The van der Waals surface area contributed by atoms with E-state index in [0.29, 0.717) is 12.3 Å². The topological polar surface area (TPSA) is 23.6 Å². The lowest BCUT2D eigenvalue weighted by atomic mass is 9.91. The average Bonchev–Trinajstić information content (AvgIpc) is 2.65. The Labute approximate surface area is 163 Å². The fourth-order valence-electron chi connectivity index (χ4n) is 3.87. The molecule has 0 spiro atoms. The molecule has 1 aliphatic rings. The summed E-state index contributed by atoms with van der Waals surface area (Å²) in [6.07, 6.45) is 1.57. The average molecular weight is 373 g/mol. The van der Waals surface area contributed by atoms with E-state index in [9.17, 15) is 4.79 Å². The van der Waals surface area contributed by atoms with Crippen LogP contribution in [-0.4, -0.2) is 29.9 Å². The number of nitrogens with zero attached hydrogens (tertiary/aromatic N) is 2. The summed E-state index contributed by atoms with van der Waals surface area (Å²) < 4.78 is 0. The zero-order valence-corrected chi connectivity index (χ0v) is 16.5. The van der Waals surface area contributed by atoms with E-state index in [0.717, 1.165) is 31.7 Å². The van der Waals surface area contributed by atoms with E-state index in [1.165, 1.54) is 5.56 Å². The SMILES string of the molecule is CCC(=O)N(c1ccccc1)C1CCN(Cc2ccccc2)CC1C.Cl. The van der Waals surface area contributed by atoms with Crippen molar-refractivity contribution in [3.05, 3.63) is 66.2 Å². The fraction of sp³-hybridized carbons (Fsp3) is 0.409. The highest BCUT2D eigenvalue weighted by atomic mass is 35.5. The van der Waals surface area contributed by atoms with Crippen molar-refractivity contribution in [2.75, 3.05) is 18.0 Å². The van der Waals surface area contributed by atoms with Crippen LogP contribution in [0.2, 0.25) is 0 Å². The summed E-state index contributed by atoms with van der Waals surface area (Å²) in [5, 5.41) is 0. The van der Waals surface area contributed by atoms with Crippen molar-refractivity contribution >= 4 is 24.0 Å². The van der Waals surface area contributed by atoms with E-state index < -0.39 is 0 Å². The first-order chi connectivity index (χ1) is 12.2. The highest BCUT2D eigenvalue weighted by Gasteiger charge is 2.33. The van der Waals surface area contributed by atoms with Crippen LogP contribution in [0, 0.1) is 5.92 Å². The molecular weight excluding hydrogens is 344 g/mol. The molecule has 4 heteroatoms. The zero-order valence-electron chi connectivity index (χ0n) is 15.7. The van der Waals surface area contributed by atoms with Crippen molar-refractivity contribution in [2.24, 2.45) is 5.92 Å². The summed E-state index contributed by atoms with van der Waals surface area (Å²) in [4.78, 5) is 17.2. The molecule has 2 atom stereocenters. The lowest BCUT2D eigenvalue weighted by Gasteiger charge is -2.42. The standard InChI is InChI=1S/C22H28N2O.ClH/c1-3-22(25)24(20-12-8-5-9-13-20)21-14-15-23(16-18(21)2)17-19-10-6-4-7-11-19;/h4-13,18,21H,3,14-17H2,1-2H3;1H. The monoisotopic (exact) mass is 372 g/mol. The number of carbonyl (C=O) groups is 1. The van der Waals surface area contributed by atoms with E-state index in [1.807, 2.05) is 30.0 Å². The number of piperidine rings is 1. The molecule has 2 unspecified atom stereocenters. The summed E-state index contributed by atoms with van der Waals surface area (Å²) in [6.45, 7) is 7.28. The minimum atomic E-state index is 0. The first kappa shape index (κ1) is 20.5. The van der Waals surface area contributed by atoms with Gasteiger partial charge in [-0.05, 0) is 30.0 Å². The van der Waals surface area contributed by atoms with Gasteiger partial charge in [-0.2, -0.15) is 0 Å². The Morgan fingerprint density at radius 2 is 1.69 bits per heavy atom. The lowest BCUT2D eigenvalue weighted by molar-refractivity contribution is -0.119. The molecule has 0 N–H and O–H groups in total. The van der Waals surface area contributed by atoms with Crippen LogP contribution in [0.25, 0.3) is 0 Å². The van der Waals surface area contributed by atoms with Gasteiger partial charge in [-0.25, -0.2) is 0 Å². The van der Waals surface area contributed by atoms with Crippen molar-refractivity contribution in [1.29, 1.82) is 0 Å². The van der Waals surface area contributed by atoms with Crippen LogP contribution in [0.3, 0.4) is 0 Å². The maximum absolute atomic E-state index is 12.6. The molecule has 0 radical (unpaired) electrons. The molecule has 140 valence electrons. The number of benzene rings is 2. The molecule has 2 aromatic rings. The third kappa shape index (κ3) is 4.87. The van der Waals surface area contributed by atoms with Crippen molar-refractivity contribution in [3.63, 3.8) is 0 Å². The van der Waals surface area contributed by atoms with Crippen molar-refractivity contribution in [3.8, 4) is 0 Å². The third-order valence-electron chi connectivity index (χ3n) is 5.13. The van der Waals surface area contributed by atoms with Gasteiger partial charge in [0.1, 0.15) is 0 Å². The van der Waals surface area contributed by atoms with Crippen LogP contribution in [0.15, 0.2) is 60.7 Å². The molecule has 3 rings (SSSR count). The number of hydrogen-bond donors (Lipinski definition) is 0. The molecule has 0 saturated carbocycles. The lowest BCUT2D eigenvalue weighted by Crippen LogP contribution is -2.52. The number of rotatable bonds is 5. The van der Waals surface area contributed by atoms with E-state index in [4.69, 9.17) is 0 Å². The highest BCUT2D eigenvalue weighted by Crippen LogP contribution is 2.28. The van der Waals surface area contributed by atoms with Crippen LogP contribution in [0.1, 0.15) is 32.3 Å². The Morgan fingerprint density at radius 3 is 2.27 bits per heavy atom. The fourth-order valence-corrected chi connectivity index (χ4v) is 3.87. The zero-order chi connectivity index (χ0) is 17.6. The molecule has 1 aliphatic heterocycles. The van der Waals surface area contributed by atoms with E-state index >= 15 is 0 Å². The smallest absolute Gasteiger partial charge is 0.226 e. The maximum Gasteiger partial charge on any atom is 0.226 e. The van der Waals surface area contributed by atoms with E-state index in [1.54, 1.807) is 0 Å². The van der Waals surface area contributed by atoms with Gasteiger partial charge in [0.25, 0.3) is 0 Å². The molecule has 1 fully saturated rings. The Kier molecular flexibility index (Phi) is 7.67. The molecule has 2 aromatic carbocycles. The van der Waals surface area contributed by atoms with Gasteiger partial charge in [0, 0.05) is 37.8 Å². The van der Waals surface area contributed by atoms with Gasteiger partial charge in [0.05, 0.1) is 0 Å². The second-order valence-corrected chi connectivity index (χ2v) is 7.01. The second-order valence-electron chi connectivity index (χ2n) is 7.01. The number of halogens is 1. The summed E-state index contributed by atoms with van der Waals surface area (Å²) in [6, 6.07) is 21.1. The molecular formula is C22H29ClN2O. The summed E-state index contributed by atoms with van der Waals surface area (Å²) >= 11 is 0. The van der Waals surface area contributed by atoms with Gasteiger partial charge in [-0.3, -0.25) is 9.69 Å². The molecule has 3 nitrogen and oxygen atoms in total. The van der Waals surface area contributed by atoms with E-state index in [2.05, 4.69) is 54.3 Å². The molecule has 0 aromatic heterocycles. The summed E-state index contributed by atoms with van der Waals surface area (Å²) in [5.41, 5.74) is 2.39. The molecule has 1 amide bonds. The Balaban J connectivity index is 0.00000243. The van der Waals surface area contributed by atoms with Crippen molar-refractivity contribution in [1.82, 2.24) is 4.90 Å². The largest absolute Gasteiger partial charge is 0.309 e. The molecule has 0 aliphatic carbocycles. The predicted octanol–water partition coefficient (Wildman–Crippen LogP) is 4.76. The number of carbonyl (C=O) groups excluding carboxylic acids is 1. The minimum Gasteiger partial charge on any atom is -0.309 e. The number of para-hydroxylation sites is 1. The van der Waals surface area contributed by atoms with Crippen LogP contribution >= 0.6 is 12.4 Å². The second kappa shape index (κ2) is 9.75. The molecule has 1 heterocycles. The van der Waals surface area contributed by atoms with Gasteiger partial charge in [-0.1, -0.05) is 62.4 Å². The van der Waals surface area contributed by atoms with Crippen LogP contribution in [-0.2, 0) is 11.3 Å². The third-order valence-corrected chi connectivity index (χ3v) is 5.13. The van der Waals surface area contributed by atoms with E-state index in [-0.39, 0.29) is 24.4 Å². The summed E-state index contributed by atoms with van der Waals surface area (Å²) in [7, 11) is 0. The number of hydrogen-bond acceptors (Lipinski definition) is 2. The summed E-state index contributed by atoms with van der Waals surface area (Å²) in [5.74, 6) is 0.674. The van der Waals surface area contributed by atoms with Gasteiger partial charge in [0.2, 0.25) is 5.91 Å². The van der Waals surface area contributed by atoms with Crippen LogP contribution in [0.5, 0.6) is 0 Å². The van der Waals surface area contributed by atoms with Crippen LogP contribution in [0.4, 0.5) is 5.69 Å². The van der Waals surface area contributed by atoms with Crippen LogP contribution < -0.4 is 4.90 Å². The van der Waals surface area contributed by atoms with Crippen molar-refractivity contribution < 1.29 is 4.79 Å². The van der Waals surface area contributed by atoms with Gasteiger partial charge < -0.3 is 4.90 Å². The number of likely N-dealkylation sites (tertiary alicyclic amines) is 1. The molecule has 0 bridgehead atoms. The van der Waals surface area contributed by atoms with Crippen molar-refractivity contribution in [2.45, 2.75) is 39.3 Å². The Morgan fingerprint density at radius 1 is 1.08 bits per heavy atom. The Hall–Kier alpha value is -1.84. The minimum absolute atomic E-state index is 0. The van der Waals surface area contributed by atoms with Gasteiger partial charge in [-0.15, -0.1) is 12.4 Å². The van der Waals surface area contributed by atoms with Gasteiger partial charge in [0.15, 0.2) is 0 Å². The quantitative estimate of drug-likeness (QED) is 0.755. The molecule has 26 heavy (non-hydrogen) atoms. The first-order valence-corrected chi connectivity index (χ1v) is 9.32. The first-order valence-electron chi connectivity index (χ1n) is 9.32. The number of amides is 1. The maximum atomic E-state index is 12.6. The number of anilines is 1. The molecule has 1 saturated heterocycles. The normalized spacial score (nSPS) is 20.2.